The second-order valence-electron chi connectivity index (χ2n) is 4.39. The summed E-state index contributed by atoms with van der Waals surface area (Å²) in [7, 11) is 3.31. The minimum atomic E-state index is 0.101. The Morgan fingerprint density at radius 1 is 1.20 bits per heavy atom. The van der Waals surface area contributed by atoms with Crippen LogP contribution in [0.3, 0.4) is 0 Å². The molecule has 1 N–H and O–H groups in total. The van der Waals surface area contributed by atoms with Crippen LogP contribution in [-0.4, -0.2) is 34.0 Å². The van der Waals surface area contributed by atoms with Crippen molar-refractivity contribution in [3.05, 3.63) is 22.2 Å². The first kappa shape index (κ1) is 17.3. The number of benzene rings is 1. The van der Waals surface area contributed by atoms with Gasteiger partial charge in [0, 0.05) is 12.2 Å². The van der Waals surface area contributed by atoms with Crippen LogP contribution < -0.4 is 14.8 Å². The van der Waals surface area contributed by atoms with Gasteiger partial charge in [-0.05, 0) is 41.0 Å². The van der Waals surface area contributed by atoms with Crippen molar-refractivity contribution in [3.8, 4) is 11.5 Å². The summed E-state index contributed by atoms with van der Waals surface area (Å²) in [6.07, 6.45) is 1.02. The van der Waals surface area contributed by atoms with E-state index in [0.717, 1.165) is 41.1 Å². The van der Waals surface area contributed by atoms with Crippen LogP contribution in [-0.2, 0) is 4.74 Å². The lowest BCUT2D eigenvalue weighted by atomic mass is 10.1. The predicted octanol–water partition coefficient (Wildman–Crippen LogP) is 3.54. The summed E-state index contributed by atoms with van der Waals surface area (Å²) in [6, 6.07) is 4.06. The normalized spacial score (nSPS) is 12.2. The molecule has 0 saturated heterocycles. The number of rotatable bonds is 9. The summed E-state index contributed by atoms with van der Waals surface area (Å²) in [5.74, 6) is 1.55. The molecule has 1 unspecified atom stereocenters. The van der Waals surface area contributed by atoms with Gasteiger partial charge in [-0.25, -0.2) is 0 Å². The molecule has 0 saturated carbocycles. The number of ether oxygens (including phenoxy) is 3. The fourth-order valence-corrected chi connectivity index (χ4v) is 2.73. The van der Waals surface area contributed by atoms with Crippen molar-refractivity contribution >= 4 is 15.9 Å². The smallest absolute Gasteiger partial charge is 0.141 e. The minimum Gasteiger partial charge on any atom is -0.495 e. The van der Waals surface area contributed by atoms with Crippen LogP contribution in [0, 0.1) is 0 Å². The van der Waals surface area contributed by atoms with E-state index in [9.17, 15) is 0 Å². The maximum Gasteiger partial charge on any atom is 0.141 e. The highest BCUT2D eigenvalue weighted by molar-refractivity contribution is 9.10. The van der Waals surface area contributed by atoms with E-state index in [0.29, 0.717) is 6.61 Å². The second-order valence-corrected chi connectivity index (χ2v) is 5.18. The van der Waals surface area contributed by atoms with Crippen LogP contribution in [0.25, 0.3) is 0 Å². The molecule has 0 aliphatic rings. The molecule has 1 atom stereocenters. The molecule has 0 bridgehead atoms. The molecule has 0 fully saturated rings. The Balaban J connectivity index is 3.02. The van der Waals surface area contributed by atoms with E-state index in [1.54, 1.807) is 14.2 Å². The maximum atomic E-state index is 5.68. The molecule has 5 heteroatoms. The number of likely N-dealkylation sites (N-methyl/N-ethyl adjacent to an activating group) is 1. The van der Waals surface area contributed by atoms with E-state index in [1.807, 2.05) is 12.1 Å². The van der Waals surface area contributed by atoms with Crippen LogP contribution in [0.15, 0.2) is 16.6 Å². The van der Waals surface area contributed by atoms with Gasteiger partial charge in [0.2, 0.25) is 0 Å². The van der Waals surface area contributed by atoms with Crippen LogP contribution in [0.5, 0.6) is 11.5 Å². The zero-order valence-corrected chi connectivity index (χ0v) is 14.2. The number of nitrogens with one attached hydrogen (secondary N) is 1. The van der Waals surface area contributed by atoms with Gasteiger partial charge in [0.05, 0.1) is 26.9 Å². The molecule has 0 spiro atoms. The van der Waals surface area contributed by atoms with Gasteiger partial charge in [-0.15, -0.1) is 0 Å². The van der Waals surface area contributed by atoms with Crippen LogP contribution in [0.1, 0.15) is 31.9 Å². The lowest BCUT2D eigenvalue weighted by Crippen LogP contribution is -2.26. The Morgan fingerprint density at radius 2 is 1.95 bits per heavy atom. The molecule has 0 heterocycles. The van der Waals surface area contributed by atoms with Gasteiger partial charge >= 0.3 is 0 Å². The van der Waals surface area contributed by atoms with Crippen LogP contribution in [0.2, 0.25) is 0 Å². The maximum absolute atomic E-state index is 5.68. The monoisotopic (exact) mass is 345 g/mol. The zero-order chi connectivity index (χ0) is 15.0. The van der Waals surface area contributed by atoms with Crippen molar-refractivity contribution in [1.82, 2.24) is 5.32 Å². The molecule has 1 aromatic rings. The Kier molecular flexibility index (Phi) is 7.95. The molecular formula is C15H24BrNO3. The van der Waals surface area contributed by atoms with Crippen molar-refractivity contribution in [2.75, 3.05) is 34.0 Å². The summed E-state index contributed by atoms with van der Waals surface area (Å²) in [6.45, 7) is 6.44. The Labute approximate surface area is 129 Å². The molecule has 0 radical (unpaired) electrons. The number of methoxy groups -OCH3 is 2. The predicted molar refractivity (Wildman–Crippen MR) is 84.8 cm³/mol. The van der Waals surface area contributed by atoms with Crippen molar-refractivity contribution in [2.24, 2.45) is 0 Å². The molecule has 1 rings (SSSR count). The number of hydrogen-bond donors (Lipinski definition) is 1. The van der Waals surface area contributed by atoms with Crippen LogP contribution >= 0.6 is 15.9 Å². The first-order chi connectivity index (χ1) is 9.69. The quantitative estimate of drug-likeness (QED) is 0.695. The van der Waals surface area contributed by atoms with Gasteiger partial charge in [-0.2, -0.15) is 0 Å². The first-order valence-corrected chi connectivity index (χ1v) is 7.70. The topological polar surface area (TPSA) is 39.7 Å². The third-order valence-corrected chi connectivity index (χ3v) is 3.73. The highest BCUT2D eigenvalue weighted by Crippen LogP contribution is 2.39. The van der Waals surface area contributed by atoms with Crippen molar-refractivity contribution in [2.45, 2.75) is 26.3 Å². The fourth-order valence-electron chi connectivity index (χ4n) is 2.04. The van der Waals surface area contributed by atoms with E-state index >= 15 is 0 Å². The van der Waals surface area contributed by atoms with Crippen molar-refractivity contribution < 1.29 is 14.2 Å². The molecule has 114 valence electrons. The summed E-state index contributed by atoms with van der Waals surface area (Å²) in [5.41, 5.74) is 1.07. The van der Waals surface area contributed by atoms with E-state index in [1.165, 1.54) is 0 Å². The van der Waals surface area contributed by atoms with Gasteiger partial charge in [0.15, 0.2) is 0 Å². The molecule has 0 amide bonds. The average molecular weight is 346 g/mol. The lowest BCUT2D eigenvalue weighted by Gasteiger charge is -2.22. The largest absolute Gasteiger partial charge is 0.495 e. The molecule has 4 nitrogen and oxygen atoms in total. The van der Waals surface area contributed by atoms with Crippen LogP contribution in [0.4, 0.5) is 0 Å². The van der Waals surface area contributed by atoms with E-state index in [-0.39, 0.29) is 6.04 Å². The molecule has 20 heavy (non-hydrogen) atoms. The molecule has 0 aliphatic carbocycles. The molecule has 0 aliphatic heterocycles. The molecular weight excluding hydrogens is 322 g/mol. The van der Waals surface area contributed by atoms with Crippen molar-refractivity contribution in [3.63, 3.8) is 0 Å². The zero-order valence-electron chi connectivity index (χ0n) is 12.7. The SMILES string of the molecule is CCCOCC(NCC)c1ccc(OC)c(Br)c1OC. The van der Waals surface area contributed by atoms with Gasteiger partial charge < -0.3 is 19.5 Å². The molecule has 1 aromatic carbocycles. The van der Waals surface area contributed by atoms with Crippen molar-refractivity contribution in [1.29, 1.82) is 0 Å². The minimum absolute atomic E-state index is 0.101. The number of halogens is 1. The lowest BCUT2D eigenvalue weighted by molar-refractivity contribution is 0.111. The average Bonchev–Trinajstić information content (AvgIpc) is 2.46. The Morgan fingerprint density at radius 3 is 2.50 bits per heavy atom. The van der Waals surface area contributed by atoms with E-state index in [2.05, 4.69) is 35.1 Å². The highest BCUT2D eigenvalue weighted by atomic mass is 79.9. The van der Waals surface area contributed by atoms with Gasteiger partial charge in [0.1, 0.15) is 16.0 Å². The van der Waals surface area contributed by atoms with Gasteiger partial charge in [-0.3, -0.25) is 0 Å². The summed E-state index contributed by atoms with van der Waals surface area (Å²) in [5, 5.41) is 3.43. The summed E-state index contributed by atoms with van der Waals surface area (Å²) >= 11 is 3.54. The van der Waals surface area contributed by atoms with E-state index < -0.39 is 0 Å². The van der Waals surface area contributed by atoms with Gasteiger partial charge in [0.25, 0.3) is 0 Å². The van der Waals surface area contributed by atoms with E-state index in [4.69, 9.17) is 14.2 Å². The third-order valence-electron chi connectivity index (χ3n) is 2.98. The van der Waals surface area contributed by atoms with Gasteiger partial charge in [-0.1, -0.05) is 13.8 Å². The Hall–Kier alpha value is -0.780. The third kappa shape index (κ3) is 4.36. The summed E-state index contributed by atoms with van der Waals surface area (Å²) in [4.78, 5) is 0. The molecule has 0 aromatic heterocycles. The summed E-state index contributed by atoms with van der Waals surface area (Å²) < 4.78 is 17.3. The number of hydrogen-bond acceptors (Lipinski definition) is 4. The first-order valence-electron chi connectivity index (χ1n) is 6.91. The second kappa shape index (κ2) is 9.21. The highest BCUT2D eigenvalue weighted by Gasteiger charge is 2.20. The Bertz CT molecular complexity index is 412. The fraction of sp³-hybridized carbons (Fsp3) is 0.600. The standard InChI is InChI=1S/C15H24BrNO3/c1-5-9-20-10-12(17-6-2)11-7-8-13(18-3)14(16)15(11)19-4/h7-8,12,17H,5-6,9-10H2,1-4H3.